The van der Waals surface area contributed by atoms with Crippen LogP contribution >= 0.6 is 0 Å². The maximum Gasteiger partial charge on any atom is 0.132 e. The molecule has 5 nitrogen and oxygen atoms in total. The van der Waals surface area contributed by atoms with Crippen molar-refractivity contribution in [2.24, 2.45) is 0 Å². The van der Waals surface area contributed by atoms with Gasteiger partial charge >= 0.3 is 0 Å². The first-order chi connectivity index (χ1) is 20.1. The summed E-state index contributed by atoms with van der Waals surface area (Å²) >= 11 is 0. The van der Waals surface area contributed by atoms with Gasteiger partial charge in [0.05, 0.1) is 26.4 Å². The van der Waals surface area contributed by atoms with E-state index < -0.39 is 36.1 Å². The Kier molecular flexibility index (Phi) is 12.7. The summed E-state index contributed by atoms with van der Waals surface area (Å²) in [6.07, 6.45) is 1.38. The summed E-state index contributed by atoms with van der Waals surface area (Å²) in [5, 5.41) is 0. The van der Waals surface area contributed by atoms with E-state index in [0.29, 0.717) is 33.0 Å². The Morgan fingerprint density at radius 1 is 0.683 bits per heavy atom. The van der Waals surface area contributed by atoms with Crippen molar-refractivity contribution < 1.29 is 32.5 Å². The molecule has 1 aliphatic rings. The molecule has 1 saturated heterocycles. The Labute approximate surface area is 242 Å². The Morgan fingerprint density at radius 3 is 2.02 bits per heavy atom. The number of benzene rings is 3. The summed E-state index contributed by atoms with van der Waals surface area (Å²) in [5.41, 5.74) is 2.48. The molecule has 1 unspecified atom stereocenters. The molecule has 0 saturated carbocycles. The summed E-state index contributed by atoms with van der Waals surface area (Å²) in [6.45, 7) is 6.23. The molecule has 222 valence electrons. The lowest BCUT2D eigenvalue weighted by Gasteiger charge is -2.25. The highest BCUT2D eigenvalue weighted by molar-refractivity contribution is 5.30. The van der Waals surface area contributed by atoms with Crippen molar-refractivity contribution in [2.75, 3.05) is 19.8 Å². The highest BCUT2D eigenvalue weighted by Gasteiger charge is 2.48. The first kappa shape index (κ1) is 31.3. The molecule has 1 aliphatic heterocycles. The van der Waals surface area contributed by atoms with Crippen molar-refractivity contribution in [1.29, 1.82) is 0 Å². The van der Waals surface area contributed by atoms with E-state index in [-0.39, 0.29) is 17.7 Å². The van der Waals surface area contributed by atoms with E-state index in [2.05, 4.69) is 13.8 Å². The molecular weight excluding hydrogens is 526 g/mol. The van der Waals surface area contributed by atoms with Gasteiger partial charge in [0.2, 0.25) is 0 Å². The fraction of sp³-hybridized carbons (Fsp3) is 0.471. The van der Waals surface area contributed by atoms with E-state index in [4.69, 9.17) is 23.7 Å². The van der Waals surface area contributed by atoms with Crippen molar-refractivity contribution in [1.82, 2.24) is 0 Å². The van der Waals surface area contributed by atoms with Crippen LogP contribution < -0.4 is 0 Å². The van der Waals surface area contributed by atoms with Crippen LogP contribution in [-0.2, 0) is 43.5 Å². The molecule has 3 aromatic carbocycles. The minimum atomic E-state index is -0.791. The first-order valence-corrected chi connectivity index (χ1v) is 14.7. The molecule has 0 aromatic heterocycles. The van der Waals surface area contributed by atoms with E-state index in [9.17, 15) is 4.39 Å². The lowest BCUT2D eigenvalue weighted by atomic mass is 9.98. The Hall–Kier alpha value is -2.68. The largest absolute Gasteiger partial charge is 0.379 e. The van der Waals surface area contributed by atoms with Gasteiger partial charge in [-0.3, -0.25) is 0 Å². The topological polar surface area (TPSA) is 46.2 Å². The fourth-order valence-corrected chi connectivity index (χ4v) is 4.87. The minimum absolute atomic E-state index is 0.000417. The van der Waals surface area contributed by atoms with E-state index >= 15 is 4.39 Å². The molecule has 0 radical (unpaired) electrons. The quantitative estimate of drug-likeness (QED) is 0.156. The number of ether oxygens (including phenoxy) is 5. The number of unbranched alkanes of at least 4 members (excludes halogenated alkanes) is 2. The minimum Gasteiger partial charge on any atom is -0.379 e. The highest BCUT2D eigenvalue weighted by atomic mass is 19.1. The fourth-order valence-electron chi connectivity index (χ4n) is 4.87. The number of hydrogen-bond acceptors (Lipinski definition) is 5. The second-order valence-corrected chi connectivity index (χ2v) is 10.4. The number of halogens is 2. The Bertz CT molecular complexity index is 1160. The van der Waals surface area contributed by atoms with E-state index in [1.807, 2.05) is 60.7 Å². The van der Waals surface area contributed by atoms with Crippen LogP contribution in [0.25, 0.3) is 0 Å². The van der Waals surface area contributed by atoms with Crippen molar-refractivity contribution in [3.05, 3.63) is 107 Å². The predicted molar refractivity (Wildman–Crippen MR) is 154 cm³/mol. The number of hydrogen-bond donors (Lipinski definition) is 0. The monoisotopic (exact) mass is 568 g/mol. The second-order valence-electron chi connectivity index (χ2n) is 10.4. The lowest BCUT2D eigenvalue weighted by molar-refractivity contribution is -0.0854. The average molecular weight is 569 g/mol. The van der Waals surface area contributed by atoms with Gasteiger partial charge in [-0.25, -0.2) is 8.78 Å². The third-order valence-electron chi connectivity index (χ3n) is 7.17. The summed E-state index contributed by atoms with van der Waals surface area (Å²) in [5.74, 6) is -1.34. The summed E-state index contributed by atoms with van der Waals surface area (Å²) in [6, 6.07) is 21.9. The van der Waals surface area contributed by atoms with Crippen LogP contribution in [0.4, 0.5) is 8.78 Å². The number of rotatable bonds is 17. The molecule has 0 spiro atoms. The molecule has 0 aliphatic carbocycles. The molecule has 41 heavy (non-hydrogen) atoms. The van der Waals surface area contributed by atoms with Crippen molar-refractivity contribution >= 4 is 0 Å². The molecular formula is C34H42F2O5. The molecule has 0 amide bonds. The molecule has 4 atom stereocenters. The molecule has 1 heterocycles. The van der Waals surface area contributed by atoms with Gasteiger partial charge in [0.1, 0.15) is 36.1 Å². The van der Waals surface area contributed by atoms with E-state index in [0.717, 1.165) is 42.9 Å². The molecule has 7 heteroatoms. The maximum atomic E-state index is 15.4. The average Bonchev–Trinajstić information content (AvgIpc) is 3.33. The second kappa shape index (κ2) is 16.7. The van der Waals surface area contributed by atoms with Crippen molar-refractivity contribution in [2.45, 2.75) is 83.8 Å². The lowest BCUT2D eigenvalue weighted by Crippen LogP contribution is -2.38. The Balaban J connectivity index is 1.56. The first-order valence-electron chi connectivity index (χ1n) is 14.7. The van der Waals surface area contributed by atoms with Gasteiger partial charge in [0.15, 0.2) is 0 Å². The highest BCUT2D eigenvalue weighted by Crippen LogP contribution is 2.40. The SMILES string of the molecule is CCCCOC[C@H]1O[C@@H](c2cc(COCc3ccccc3)c(F)cc2F)C(OCCCC)[C@@H]1OCc1ccccc1. The summed E-state index contributed by atoms with van der Waals surface area (Å²) in [7, 11) is 0. The van der Waals surface area contributed by atoms with Crippen molar-refractivity contribution in [3.63, 3.8) is 0 Å². The normalized spacial score (nSPS) is 20.5. The van der Waals surface area contributed by atoms with Crippen LogP contribution in [0, 0.1) is 11.6 Å². The van der Waals surface area contributed by atoms with Crippen molar-refractivity contribution in [3.8, 4) is 0 Å². The summed E-state index contributed by atoms with van der Waals surface area (Å²) in [4.78, 5) is 0. The molecule has 4 rings (SSSR count). The van der Waals surface area contributed by atoms with Gasteiger partial charge < -0.3 is 23.7 Å². The van der Waals surface area contributed by atoms with E-state index in [1.54, 1.807) is 0 Å². The van der Waals surface area contributed by atoms with E-state index in [1.165, 1.54) is 6.07 Å². The van der Waals surface area contributed by atoms with Crippen LogP contribution in [0.5, 0.6) is 0 Å². The van der Waals surface area contributed by atoms with Gasteiger partial charge in [-0.2, -0.15) is 0 Å². The van der Waals surface area contributed by atoms with Crippen LogP contribution in [0.3, 0.4) is 0 Å². The molecule has 0 N–H and O–H groups in total. The maximum absolute atomic E-state index is 15.4. The van der Waals surface area contributed by atoms with Gasteiger partial charge in [0, 0.05) is 30.4 Å². The third kappa shape index (κ3) is 9.15. The van der Waals surface area contributed by atoms with Gasteiger partial charge in [0.25, 0.3) is 0 Å². The zero-order valence-electron chi connectivity index (χ0n) is 24.1. The predicted octanol–water partition coefficient (Wildman–Crippen LogP) is 7.71. The van der Waals surface area contributed by atoms with Gasteiger partial charge in [-0.15, -0.1) is 0 Å². The van der Waals surface area contributed by atoms with Gasteiger partial charge in [-0.1, -0.05) is 87.4 Å². The standard InChI is InChI=1S/C34H42F2O5/c1-3-5-17-37-24-31-33(40-22-26-15-11-8-12-16-26)34(39-18-6-4-2)32(41-31)28-19-27(29(35)20-30(28)36)23-38-21-25-13-9-7-10-14-25/h7-16,19-20,31-34H,3-6,17-18,21-24H2,1-2H3/t31-,32+,33-,34?/m1/s1. The summed E-state index contributed by atoms with van der Waals surface area (Å²) < 4.78 is 61.2. The Morgan fingerprint density at radius 2 is 1.34 bits per heavy atom. The van der Waals surface area contributed by atoms with Crippen LogP contribution in [0.2, 0.25) is 0 Å². The van der Waals surface area contributed by atoms with Gasteiger partial charge in [-0.05, 0) is 30.0 Å². The van der Waals surface area contributed by atoms with Crippen LogP contribution in [-0.4, -0.2) is 38.1 Å². The third-order valence-corrected chi connectivity index (χ3v) is 7.17. The zero-order valence-corrected chi connectivity index (χ0v) is 24.1. The molecule has 3 aromatic rings. The van der Waals surface area contributed by atoms with Crippen LogP contribution in [0.1, 0.15) is 67.9 Å². The molecule has 1 fully saturated rings. The molecule has 0 bridgehead atoms. The van der Waals surface area contributed by atoms with Crippen LogP contribution in [0.15, 0.2) is 72.8 Å². The zero-order chi connectivity index (χ0) is 28.9. The smallest absolute Gasteiger partial charge is 0.132 e.